The van der Waals surface area contributed by atoms with Gasteiger partial charge in [0.05, 0.1) is 24.7 Å². The van der Waals surface area contributed by atoms with Crippen LogP contribution in [0.25, 0.3) is 10.8 Å². The smallest absolute Gasteiger partial charge is 0.266 e. The third-order valence-corrected chi connectivity index (χ3v) is 5.75. The van der Waals surface area contributed by atoms with Crippen LogP contribution in [0.4, 0.5) is 0 Å². The normalized spacial score (nSPS) is 11.2. The highest BCUT2D eigenvalue weighted by Crippen LogP contribution is 2.39. The lowest BCUT2D eigenvalue weighted by Gasteiger charge is -2.17. The van der Waals surface area contributed by atoms with E-state index >= 15 is 0 Å². The zero-order valence-corrected chi connectivity index (χ0v) is 19.0. The Kier molecular flexibility index (Phi) is 7.55. The van der Waals surface area contributed by atoms with E-state index < -0.39 is 15.9 Å². The van der Waals surface area contributed by atoms with Crippen molar-refractivity contribution in [1.29, 1.82) is 0 Å². The zero-order valence-electron chi connectivity index (χ0n) is 18.2. The van der Waals surface area contributed by atoms with E-state index in [9.17, 15) is 13.2 Å². The maximum atomic E-state index is 12.7. The Morgan fingerprint density at radius 1 is 0.812 bits per heavy atom. The minimum atomic E-state index is -3.98. The van der Waals surface area contributed by atoms with Gasteiger partial charge in [-0.05, 0) is 55.8 Å². The Bertz CT molecular complexity index is 1180. The molecule has 0 saturated carbocycles. The lowest BCUT2D eigenvalue weighted by atomic mass is 10.1. The molecule has 0 fully saturated rings. The van der Waals surface area contributed by atoms with Crippen LogP contribution in [0.15, 0.2) is 59.5 Å². The molecule has 2 N–H and O–H groups in total. The van der Waals surface area contributed by atoms with Gasteiger partial charge in [0, 0.05) is 5.56 Å². The molecule has 170 valence electrons. The second kappa shape index (κ2) is 10.3. The van der Waals surface area contributed by atoms with Crippen LogP contribution in [-0.2, 0) is 10.0 Å². The predicted octanol–water partition coefficient (Wildman–Crippen LogP) is 3.66. The molecule has 0 unspecified atom stereocenters. The van der Waals surface area contributed by atoms with Gasteiger partial charge in [-0.1, -0.05) is 30.3 Å². The molecule has 0 aliphatic carbocycles. The molecule has 9 heteroatoms. The molecule has 0 heterocycles. The number of ether oxygens (including phenoxy) is 3. The van der Waals surface area contributed by atoms with Crippen molar-refractivity contribution in [3.05, 3.63) is 60.2 Å². The van der Waals surface area contributed by atoms with Gasteiger partial charge < -0.3 is 14.2 Å². The number of hydrogen-bond acceptors (Lipinski definition) is 6. The Morgan fingerprint density at radius 2 is 1.41 bits per heavy atom. The molecule has 32 heavy (non-hydrogen) atoms. The highest BCUT2D eigenvalue weighted by molar-refractivity contribution is 7.89. The summed E-state index contributed by atoms with van der Waals surface area (Å²) in [6, 6.07) is 15.1. The molecule has 8 nitrogen and oxygen atoms in total. The first-order chi connectivity index (χ1) is 15.4. The highest BCUT2D eigenvalue weighted by atomic mass is 32.2. The van der Waals surface area contributed by atoms with Gasteiger partial charge in [-0.2, -0.15) is 0 Å². The summed E-state index contributed by atoms with van der Waals surface area (Å²) in [5, 5.41) is 1.69. The molecular weight excluding hydrogens is 432 g/mol. The number of carbonyl (C=O) groups is 1. The Balaban J connectivity index is 1.83. The molecule has 3 aromatic rings. The highest BCUT2D eigenvalue weighted by Gasteiger charge is 2.20. The van der Waals surface area contributed by atoms with Gasteiger partial charge in [-0.3, -0.25) is 10.2 Å². The average Bonchev–Trinajstić information content (AvgIpc) is 2.79. The quantitative estimate of drug-likeness (QED) is 0.450. The Morgan fingerprint density at radius 3 is 2.00 bits per heavy atom. The lowest BCUT2D eigenvalue weighted by Crippen LogP contribution is -2.41. The first-order valence-corrected chi connectivity index (χ1v) is 11.7. The number of nitrogens with one attached hydrogen (secondary N) is 2. The maximum absolute atomic E-state index is 12.7. The van der Waals surface area contributed by atoms with Crippen LogP contribution in [-0.4, -0.2) is 34.1 Å². The van der Waals surface area contributed by atoms with Gasteiger partial charge in [0.25, 0.3) is 15.9 Å². The SMILES string of the molecule is CCOc1cc(C(=O)NNS(=O)(=O)c2ccc3ccccc3c2)cc(OCC)c1OCC. The number of amides is 1. The number of hydrazine groups is 1. The molecule has 3 aromatic carbocycles. The van der Waals surface area contributed by atoms with E-state index in [0.717, 1.165) is 10.8 Å². The molecular formula is C23H26N2O6S. The van der Waals surface area contributed by atoms with Gasteiger partial charge in [0.15, 0.2) is 11.5 Å². The molecule has 0 radical (unpaired) electrons. The van der Waals surface area contributed by atoms with Gasteiger partial charge in [0.1, 0.15) is 0 Å². The minimum absolute atomic E-state index is 0.0354. The number of carbonyl (C=O) groups excluding carboxylic acids is 1. The van der Waals surface area contributed by atoms with E-state index in [1.165, 1.54) is 18.2 Å². The first-order valence-electron chi connectivity index (χ1n) is 10.3. The summed E-state index contributed by atoms with van der Waals surface area (Å²) < 4.78 is 42.2. The van der Waals surface area contributed by atoms with Crippen LogP contribution in [0, 0.1) is 0 Å². The van der Waals surface area contributed by atoms with E-state index in [1.807, 2.05) is 31.2 Å². The molecule has 0 aliphatic heterocycles. The van der Waals surface area contributed by atoms with E-state index in [-0.39, 0.29) is 10.5 Å². The molecule has 0 bridgehead atoms. The molecule has 3 rings (SSSR count). The van der Waals surface area contributed by atoms with Crippen molar-refractivity contribution in [3.63, 3.8) is 0 Å². The van der Waals surface area contributed by atoms with Crippen molar-refractivity contribution < 1.29 is 27.4 Å². The van der Waals surface area contributed by atoms with Crippen molar-refractivity contribution in [1.82, 2.24) is 10.3 Å². The van der Waals surface area contributed by atoms with Crippen LogP contribution in [0.5, 0.6) is 17.2 Å². The third kappa shape index (κ3) is 5.30. The van der Waals surface area contributed by atoms with Gasteiger partial charge >= 0.3 is 0 Å². The monoisotopic (exact) mass is 458 g/mol. The number of fused-ring (bicyclic) bond motifs is 1. The summed E-state index contributed by atoms with van der Waals surface area (Å²) in [6.07, 6.45) is 0. The van der Waals surface area contributed by atoms with E-state index in [1.54, 1.807) is 26.0 Å². The number of sulfonamides is 1. The fourth-order valence-electron chi connectivity index (χ4n) is 3.10. The van der Waals surface area contributed by atoms with E-state index in [0.29, 0.717) is 37.1 Å². The molecule has 0 aliphatic rings. The van der Waals surface area contributed by atoms with Crippen molar-refractivity contribution >= 4 is 26.7 Å². The van der Waals surface area contributed by atoms with E-state index in [4.69, 9.17) is 14.2 Å². The van der Waals surface area contributed by atoms with Crippen LogP contribution in [0.1, 0.15) is 31.1 Å². The fourth-order valence-corrected chi connectivity index (χ4v) is 3.97. The van der Waals surface area contributed by atoms with Gasteiger partial charge in [-0.25, -0.2) is 8.42 Å². The zero-order chi connectivity index (χ0) is 23.1. The van der Waals surface area contributed by atoms with Crippen molar-refractivity contribution in [2.45, 2.75) is 25.7 Å². The third-order valence-electron chi connectivity index (χ3n) is 4.50. The van der Waals surface area contributed by atoms with Crippen LogP contribution in [0.2, 0.25) is 0 Å². The van der Waals surface area contributed by atoms with Crippen LogP contribution < -0.4 is 24.5 Å². The Hall–Kier alpha value is -3.30. The minimum Gasteiger partial charge on any atom is -0.490 e. The van der Waals surface area contributed by atoms with Crippen LogP contribution >= 0.6 is 0 Å². The molecule has 0 spiro atoms. The summed E-state index contributed by atoms with van der Waals surface area (Å²) in [7, 11) is -3.98. The standard InChI is InChI=1S/C23H26N2O6S/c1-4-29-20-14-18(15-21(30-5-2)22(20)31-6-3)23(26)24-25-32(27,28)19-12-11-16-9-7-8-10-17(16)13-19/h7-15,25H,4-6H2,1-3H3,(H,24,26). The Labute approximate surface area is 187 Å². The van der Waals surface area contributed by atoms with Crippen molar-refractivity contribution in [2.75, 3.05) is 19.8 Å². The summed E-state index contributed by atoms with van der Waals surface area (Å²) in [6.45, 7) is 6.53. The molecule has 0 saturated heterocycles. The average molecular weight is 459 g/mol. The second-order valence-electron chi connectivity index (χ2n) is 6.67. The lowest BCUT2D eigenvalue weighted by molar-refractivity contribution is 0.0944. The summed E-state index contributed by atoms with van der Waals surface area (Å²) in [5.74, 6) is 0.398. The first kappa shape index (κ1) is 23.4. The summed E-state index contributed by atoms with van der Waals surface area (Å²) in [5.41, 5.74) is 2.40. The number of hydrogen-bond donors (Lipinski definition) is 2. The maximum Gasteiger partial charge on any atom is 0.266 e. The number of rotatable bonds is 10. The second-order valence-corrected chi connectivity index (χ2v) is 8.35. The topological polar surface area (TPSA) is 103 Å². The fraction of sp³-hybridized carbons (Fsp3) is 0.261. The molecule has 1 amide bonds. The van der Waals surface area contributed by atoms with Gasteiger partial charge in [0.2, 0.25) is 5.75 Å². The van der Waals surface area contributed by atoms with E-state index in [2.05, 4.69) is 10.3 Å². The van der Waals surface area contributed by atoms with Crippen LogP contribution in [0.3, 0.4) is 0 Å². The largest absolute Gasteiger partial charge is 0.490 e. The van der Waals surface area contributed by atoms with Crippen molar-refractivity contribution in [3.8, 4) is 17.2 Å². The molecule has 0 aromatic heterocycles. The van der Waals surface area contributed by atoms with Gasteiger partial charge in [-0.15, -0.1) is 4.83 Å². The summed E-state index contributed by atoms with van der Waals surface area (Å²) in [4.78, 5) is 14.9. The van der Waals surface area contributed by atoms with Crippen molar-refractivity contribution in [2.24, 2.45) is 0 Å². The number of benzene rings is 3. The summed E-state index contributed by atoms with van der Waals surface area (Å²) >= 11 is 0. The molecule has 0 atom stereocenters. The predicted molar refractivity (Wildman–Crippen MR) is 122 cm³/mol.